The number of methoxy groups -OCH3 is 1. The number of likely N-dealkylation sites (N-methyl/N-ethyl adjacent to an activating group) is 1. The number of piperazine rings is 1. The normalized spacial score (nSPS) is 26.3. The Morgan fingerprint density at radius 2 is 1.77 bits per heavy atom. The largest absolute Gasteiger partial charge is 0.495 e. The number of sulfonamides is 1. The molecule has 4 rings (SSSR count). The average Bonchev–Trinajstić information content (AvgIpc) is 3.46. The van der Waals surface area contributed by atoms with Crippen molar-refractivity contribution >= 4 is 15.9 Å². The number of nitrogens with one attached hydrogen (secondary N) is 2. The first-order chi connectivity index (χ1) is 14.4. The van der Waals surface area contributed by atoms with Crippen molar-refractivity contribution in [1.82, 2.24) is 25.0 Å². The van der Waals surface area contributed by atoms with Gasteiger partial charge < -0.3 is 14.5 Å². The van der Waals surface area contributed by atoms with Crippen LogP contribution >= 0.6 is 0 Å². The first-order valence-corrected chi connectivity index (χ1v) is 12.0. The van der Waals surface area contributed by atoms with Crippen molar-refractivity contribution in [1.29, 1.82) is 0 Å². The van der Waals surface area contributed by atoms with E-state index in [1.807, 2.05) is 11.0 Å². The summed E-state index contributed by atoms with van der Waals surface area (Å²) in [4.78, 5) is 17.2. The molecule has 166 valence electrons. The van der Waals surface area contributed by atoms with Crippen molar-refractivity contribution in [3.05, 3.63) is 23.8 Å². The van der Waals surface area contributed by atoms with Gasteiger partial charge in [-0.25, -0.2) is 19.3 Å². The summed E-state index contributed by atoms with van der Waals surface area (Å²) in [5.41, 5.74) is 7.12. The highest BCUT2D eigenvalue weighted by Crippen LogP contribution is 2.33. The quantitative estimate of drug-likeness (QED) is 0.678. The van der Waals surface area contributed by atoms with Crippen LogP contribution in [0.4, 0.5) is 0 Å². The highest BCUT2D eigenvalue weighted by Gasteiger charge is 2.35. The zero-order chi connectivity index (χ0) is 21.3. The molecule has 1 amide bonds. The molecule has 1 aromatic rings. The summed E-state index contributed by atoms with van der Waals surface area (Å²) in [7, 11) is -0.0609. The first kappa shape index (κ1) is 21.5. The summed E-state index contributed by atoms with van der Waals surface area (Å²) in [6.45, 7) is 4.32. The van der Waals surface area contributed by atoms with E-state index in [2.05, 4.69) is 22.8 Å². The van der Waals surface area contributed by atoms with E-state index in [0.717, 1.165) is 44.6 Å². The van der Waals surface area contributed by atoms with Crippen molar-refractivity contribution in [3.8, 4) is 5.75 Å². The van der Waals surface area contributed by atoms with E-state index in [1.54, 1.807) is 12.1 Å². The van der Waals surface area contributed by atoms with Gasteiger partial charge >= 0.3 is 0 Å². The van der Waals surface area contributed by atoms with Gasteiger partial charge in [-0.3, -0.25) is 4.79 Å². The van der Waals surface area contributed by atoms with Gasteiger partial charge in [0.15, 0.2) is 0 Å². The predicted octanol–water partition coefficient (Wildman–Crippen LogP) is 0.161. The summed E-state index contributed by atoms with van der Waals surface area (Å²) in [5.74, 6) is 0.443. The van der Waals surface area contributed by atoms with Crippen LogP contribution in [0.25, 0.3) is 0 Å². The second-order valence-corrected chi connectivity index (χ2v) is 10.2. The Hall–Kier alpha value is -1.72. The summed E-state index contributed by atoms with van der Waals surface area (Å²) >= 11 is 0. The molecule has 3 fully saturated rings. The molecule has 2 atom stereocenters. The third-order valence-corrected chi connectivity index (χ3v) is 8.21. The Morgan fingerprint density at radius 3 is 2.43 bits per heavy atom. The Labute approximate surface area is 178 Å². The molecule has 0 saturated carbocycles. The fourth-order valence-electron chi connectivity index (χ4n) is 4.36. The lowest BCUT2D eigenvalue weighted by molar-refractivity contribution is -0.134. The molecule has 1 aromatic carbocycles. The second-order valence-electron chi connectivity index (χ2n) is 8.28. The number of ether oxygens (including phenoxy) is 1. The Kier molecular flexibility index (Phi) is 6.31. The van der Waals surface area contributed by atoms with Gasteiger partial charge in [0.25, 0.3) is 0 Å². The maximum absolute atomic E-state index is 13.1. The van der Waals surface area contributed by atoms with Crippen molar-refractivity contribution in [3.63, 3.8) is 0 Å². The van der Waals surface area contributed by atoms with Crippen LogP contribution in [0.5, 0.6) is 5.75 Å². The van der Waals surface area contributed by atoms with Crippen LogP contribution in [0.15, 0.2) is 23.1 Å². The molecular weight excluding hydrogens is 406 g/mol. The van der Waals surface area contributed by atoms with Gasteiger partial charge in [0, 0.05) is 45.3 Å². The van der Waals surface area contributed by atoms with E-state index >= 15 is 0 Å². The van der Waals surface area contributed by atoms with Gasteiger partial charge in [-0.2, -0.15) is 4.31 Å². The minimum Gasteiger partial charge on any atom is -0.495 e. The standard InChI is InChI=1S/C20H31N5O4S/c1-23-9-11-24(12-10-23)20(26)17-14-16(21-22-17)15-5-6-18(29-2)19(13-15)30(27,28)25-7-3-4-8-25/h5-6,13,16-17,21-22H,3-4,7-12,14H2,1-2H3. The number of benzene rings is 1. The van der Waals surface area contributed by atoms with E-state index in [1.165, 1.54) is 11.4 Å². The van der Waals surface area contributed by atoms with E-state index in [-0.39, 0.29) is 22.9 Å². The maximum Gasteiger partial charge on any atom is 0.246 e. The van der Waals surface area contributed by atoms with E-state index in [4.69, 9.17) is 4.74 Å². The number of carbonyl (C=O) groups excluding carboxylic acids is 1. The third kappa shape index (κ3) is 4.19. The summed E-state index contributed by atoms with van der Waals surface area (Å²) in [6, 6.07) is 4.79. The number of nitrogens with zero attached hydrogens (tertiary/aromatic N) is 3. The SMILES string of the molecule is COc1ccc(C2CC(C(=O)N3CCN(C)CC3)NN2)cc1S(=O)(=O)N1CCCC1. The fraction of sp³-hybridized carbons (Fsp3) is 0.650. The molecule has 3 aliphatic heterocycles. The molecule has 3 heterocycles. The highest BCUT2D eigenvalue weighted by molar-refractivity contribution is 7.89. The molecule has 10 heteroatoms. The van der Waals surface area contributed by atoms with Crippen LogP contribution in [0.2, 0.25) is 0 Å². The number of hydrazine groups is 1. The summed E-state index contributed by atoms with van der Waals surface area (Å²) < 4.78 is 33.1. The fourth-order valence-corrected chi connectivity index (χ4v) is 6.07. The molecule has 2 N–H and O–H groups in total. The lowest BCUT2D eigenvalue weighted by atomic mass is 10.0. The summed E-state index contributed by atoms with van der Waals surface area (Å²) in [5, 5.41) is 0. The van der Waals surface area contributed by atoms with E-state index in [0.29, 0.717) is 25.3 Å². The lowest BCUT2D eigenvalue weighted by Gasteiger charge is -2.33. The molecule has 30 heavy (non-hydrogen) atoms. The number of hydrogen-bond donors (Lipinski definition) is 2. The Balaban J connectivity index is 1.50. The maximum atomic E-state index is 13.1. The Morgan fingerprint density at radius 1 is 1.07 bits per heavy atom. The molecule has 0 radical (unpaired) electrons. The van der Waals surface area contributed by atoms with E-state index < -0.39 is 10.0 Å². The summed E-state index contributed by atoms with van der Waals surface area (Å²) in [6.07, 6.45) is 2.33. The minimum absolute atomic E-state index is 0.0940. The van der Waals surface area contributed by atoms with Crippen LogP contribution in [-0.4, -0.2) is 87.9 Å². The third-order valence-electron chi connectivity index (χ3n) is 6.29. The minimum atomic E-state index is -3.61. The lowest BCUT2D eigenvalue weighted by Crippen LogP contribution is -2.52. The van der Waals surface area contributed by atoms with Gasteiger partial charge in [0.2, 0.25) is 15.9 Å². The van der Waals surface area contributed by atoms with Gasteiger partial charge in [0.05, 0.1) is 7.11 Å². The molecule has 9 nitrogen and oxygen atoms in total. The van der Waals surface area contributed by atoms with Crippen molar-refractivity contribution in [2.24, 2.45) is 0 Å². The zero-order valence-corrected chi connectivity index (χ0v) is 18.5. The molecule has 0 aromatic heterocycles. The van der Waals surface area contributed by atoms with Gasteiger partial charge in [0.1, 0.15) is 16.7 Å². The monoisotopic (exact) mass is 437 g/mol. The second kappa shape index (κ2) is 8.80. The highest BCUT2D eigenvalue weighted by atomic mass is 32.2. The van der Waals surface area contributed by atoms with Crippen LogP contribution in [0, 0.1) is 0 Å². The number of hydrogen-bond acceptors (Lipinski definition) is 7. The number of amides is 1. The zero-order valence-electron chi connectivity index (χ0n) is 17.6. The molecule has 0 spiro atoms. The molecule has 0 aliphatic carbocycles. The van der Waals surface area contributed by atoms with Crippen LogP contribution < -0.4 is 15.6 Å². The van der Waals surface area contributed by atoms with Crippen molar-refractivity contribution < 1.29 is 17.9 Å². The molecule has 3 aliphatic rings. The van der Waals surface area contributed by atoms with Crippen LogP contribution in [0.3, 0.4) is 0 Å². The molecule has 3 saturated heterocycles. The smallest absolute Gasteiger partial charge is 0.246 e. The molecular formula is C20H31N5O4S. The van der Waals surface area contributed by atoms with Crippen LogP contribution in [-0.2, 0) is 14.8 Å². The number of carbonyl (C=O) groups is 1. The van der Waals surface area contributed by atoms with Gasteiger partial charge in [-0.05, 0) is 44.0 Å². The van der Waals surface area contributed by atoms with Gasteiger partial charge in [-0.1, -0.05) is 6.07 Å². The van der Waals surface area contributed by atoms with Gasteiger partial charge in [-0.15, -0.1) is 0 Å². The van der Waals surface area contributed by atoms with Crippen LogP contribution in [0.1, 0.15) is 30.9 Å². The van der Waals surface area contributed by atoms with Crippen molar-refractivity contribution in [2.75, 3.05) is 53.4 Å². The Bertz CT molecular complexity index is 879. The topological polar surface area (TPSA) is 94.2 Å². The first-order valence-electron chi connectivity index (χ1n) is 10.6. The van der Waals surface area contributed by atoms with E-state index in [9.17, 15) is 13.2 Å². The predicted molar refractivity (Wildman–Crippen MR) is 112 cm³/mol. The number of rotatable bonds is 5. The molecule has 0 bridgehead atoms. The molecule has 2 unspecified atom stereocenters. The van der Waals surface area contributed by atoms with Crippen molar-refractivity contribution in [2.45, 2.75) is 36.2 Å². The average molecular weight is 438 g/mol.